The Morgan fingerprint density at radius 2 is 1.83 bits per heavy atom. The molecule has 0 unspecified atom stereocenters. The van der Waals surface area contributed by atoms with Gasteiger partial charge in [0.15, 0.2) is 5.69 Å². The SMILES string of the molecule is O=C(NCc1ccccn1)c1cn(CCCCc2cc3c(nn2)CC(C2CC2)=C3c2ccc(C(F)(F)F)cc2)nn1. The molecule has 8 nitrogen and oxygen atoms in total. The number of fused-ring (bicyclic) bond motifs is 1. The van der Waals surface area contributed by atoms with Crippen molar-refractivity contribution in [3.05, 3.63) is 106 Å². The van der Waals surface area contributed by atoms with Crippen molar-refractivity contribution in [2.75, 3.05) is 0 Å². The van der Waals surface area contributed by atoms with E-state index >= 15 is 0 Å². The minimum absolute atomic E-state index is 0.250. The zero-order valence-electron chi connectivity index (χ0n) is 22.2. The summed E-state index contributed by atoms with van der Waals surface area (Å²) in [5.74, 6) is 0.160. The number of aromatic nitrogens is 6. The number of pyridine rings is 1. The summed E-state index contributed by atoms with van der Waals surface area (Å²) in [7, 11) is 0. The standard InChI is InChI=1S/C30H28F3N7O/c31-30(32,33)21-11-9-20(10-12-21)28-24(19-7-8-19)16-26-25(28)15-22(36-37-26)5-2-4-14-40-18-27(38-39-40)29(41)35-17-23-6-1-3-13-34-23/h1,3,6,9-13,15,18-19H,2,4-5,7-8,14,16-17H2,(H,35,41). The highest BCUT2D eigenvalue weighted by molar-refractivity contribution is 5.91. The lowest BCUT2D eigenvalue weighted by atomic mass is 9.95. The Labute approximate surface area is 234 Å². The van der Waals surface area contributed by atoms with Crippen LogP contribution in [0, 0.1) is 5.92 Å². The minimum atomic E-state index is -4.36. The van der Waals surface area contributed by atoms with Crippen LogP contribution in [0.4, 0.5) is 13.2 Å². The molecule has 0 radical (unpaired) electrons. The van der Waals surface area contributed by atoms with Crippen molar-refractivity contribution < 1.29 is 18.0 Å². The van der Waals surface area contributed by atoms with Crippen LogP contribution in [0.2, 0.25) is 0 Å². The molecule has 1 aromatic carbocycles. The van der Waals surface area contributed by atoms with Gasteiger partial charge in [0.2, 0.25) is 0 Å². The van der Waals surface area contributed by atoms with Crippen molar-refractivity contribution in [2.24, 2.45) is 5.92 Å². The predicted molar refractivity (Wildman–Crippen MR) is 144 cm³/mol. The smallest absolute Gasteiger partial charge is 0.345 e. The molecule has 6 rings (SSSR count). The molecule has 3 aromatic heterocycles. The number of allylic oxidation sites excluding steroid dienone is 1. The van der Waals surface area contributed by atoms with Gasteiger partial charge < -0.3 is 5.32 Å². The number of unbranched alkanes of at least 4 members (excludes halogenated alkanes) is 1. The molecule has 0 aliphatic heterocycles. The summed E-state index contributed by atoms with van der Waals surface area (Å²) in [6, 6.07) is 13.0. The molecule has 11 heteroatoms. The Morgan fingerprint density at radius 3 is 2.56 bits per heavy atom. The van der Waals surface area contributed by atoms with E-state index in [1.54, 1.807) is 29.2 Å². The maximum atomic E-state index is 13.1. The van der Waals surface area contributed by atoms with Crippen molar-refractivity contribution >= 4 is 11.5 Å². The number of hydrogen-bond donors (Lipinski definition) is 1. The van der Waals surface area contributed by atoms with E-state index in [9.17, 15) is 18.0 Å². The zero-order chi connectivity index (χ0) is 28.4. The summed E-state index contributed by atoms with van der Waals surface area (Å²) in [5.41, 5.74) is 6.15. The Morgan fingerprint density at radius 1 is 1.00 bits per heavy atom. The second-order valence-electron chi connectivity index (χ2n) is 10.5. The first-order valence-electron chi connectivity index (χ1n) is 13.7. The van der Waals surface area contributed by atoms with Gasteiger partial charge >= 0.3 is 6.18 Å². The molecule has 1 amide bonds. The molecule has 4 aromatic rings. The fraction of sp³-hybridized carbons (Fsp3) is 0.333. The number of aryl methyl sites for hydroxylation is 2. The highest BCUT2D eigenvalue weighted by Gasteiger charge is 2.35. The van der Waals surface area contributed by atoms with Crippen LogP contribution in [0.25, 0.3) is 5.57 Å². The molecule has 1 saturated carbocycles. The van der Waals surface area contributed by atoms with E-state index in [-0.39, 0.29) is 11.6 Å². The van der Waals surface area contributed by atoms with Crippen molar-refractivity contribution in [3.8, 4) is 0 Å². The molecule has 0 atom stereocenters. The van der Waals surface area contributed by atoms with Gasteiger partial charge in [-0.05, 0) is 79.5 Å². The Kier molecular flexibility index (Phi) is 7.34. The minimum Gasteiger partial charge on any atom is -0.345 e. The molecular weight excluding hydrogens is 531 g/mol. The van der Waals surface area contributed by atoms with Crippen LogP contribution in [0.15, 0.2) is 66.5 Å². The van der Waals surface area contributed by atoms with Crippen molar-refractivity contribution in [1.29, 1.82) is 0 Å². The van der Waals surface area contributed by atoms with Crippen LogP contribution in [0.1, 0.15) is 69.9 Å². The van der Waals surface area contributed by atoms with E-state index in [2.05, 4.69) is 30.8 Å². The molecule has 3 heterocycles. The molecule has 0 spiro atoms. The number of hydrogen-bond acceptors (Lipinski definition) is 6. The van der Waals surface area contributed by atoms with Crippen molar-refractivity contribution in [1.82, 2.24) is 35.5 Å². The molecule has 1 fully saturated rings. The average Bonchev–Trinajstić information content (AvgIpc) is 3.59. The predicted octanol–water partition coefficient (Wildman–Crippen LogP) is 5.20. The second kappa shape index (κ2) is 11.2. The quantitative estimate of drug-likeness (QED) is 0.268. The molecule has 41 heavy (non-hydrogen) atoms. The third kappa shape index (κ3) is 6.18. The number of carbonyl (C=O) groups excluding carboxylic acids is 1. The van der Waals surface area contributed by atoms with Gasteiger partial charge in [-0.3, -0.25) is 14.5 Å². The van der Waals surface area contributed by atoms with Gasteiger partial charge in [-0.15, -0.1) is 5.10 Å². The number of nitrogens with one attached hydrogen (secondary N) is 1. The lowest BCUT2D eigenvalue weighted by Gasteiger charge is -2.12. The monoisotopic (exact) mass is 559 g/mol. The number of halogens is 3. The van der Waals surface area contributed by atoms with Gasteiger partial charge in [0, 0.05) is 24.7 Å². The zero-order valence-corrected chi connectivity index (χ0v) is 22.2. The first-order valence-corrected chi connectivity index (χ1v) is 13.7. The lowest BCUT2D eigenvalue weighted by Crippen LogP contribution is -2.23. The van der Waals surface area contributed by atoms with Crippen LogP contribution < -0.4 is 5.32 Å². The fourth-order valence-corrected chi connectivity index (χ4v) is 5.17. The van der Waals surface area contributed by atoms with E-state index in [0.717, 1.165) is 71.6 Å². The Hall–Kier alpha value is -4.41. The number of amides is 1. The molecule has 1 N–H and O–H groups in total. The van der Waals surface area contributed by atoms with E-state index in [1.807, 2.05) is 24.3 Å². The average molecular weight is 560 g/mol. The highest BCUT2D eigenvalue weighted by Crippen LogP contribution is 2.48. The van der Waals surface area contributed by atoms with E-state index in [4.69, 9.17) is 0 Å². The summed E-state index contributed by atoms with van der Waals surface area (Å²) in [6.45, 7) is 0.910. The van der Waals surface area contributed by atoms with Gasteiger partial charge in [0.25, 0.3) is 5.91 Å². The molecule has 0 bridgehead atoms. The van der Waals surface area contributed by atoms with Gasteiger partial charge in [-0.25, -0.2) is 0 Å². The van der Waals surface area contributed by atoms with E-state index in [1.165, 1.54) is 5.57 Å². The second-order valence-corrected chi connectivity index (χ2v) is 10.5. The summed E-state index contributed by atoms with van der Waals surface area (Å²) in [5, 5.41) is 19.8. The molecule has 2 aliphatic carbocycles. The number of rotatable bonds is 10. The Balaban J connectivity index is 1.06. The van der Waals surface area contributed by atoms with Crippen molar-refractivity contribution in [3.63, 3.8) is 0 Å². The van der Waals surface area contributed by atoms with Crippen LogP contribution in [0.5, 0.6) is 0 Å². The summed E-state index contributed by atoms with van der Waals surface area (Å²) in [4.78, 5) is 16.6. The highest BCUT2D eigenvalue weighted by atomic mass is 19.4. The van der Waals surface area contributed by atoms with Crippen LogP contribution in [-0.4, -0.2) is 36.1 Å². The molecule has 0 saturated heterocycles. The maximum absolute atomic E-state index is 13.1. The topological polar surface area (TPSA) is 98.5 Å². The number of benzene rings is 1. The first-order chi connectivity index (χ1) is 19.8. The van der Waals surface area contributed by atoms with Crippen molar-refractivity contribution in [2.45, 2.75) is 57.8 Å². The summed E-state index contributed by atoms with van der Waals surface area (Å²) < 4.78 is 41.0. The Bertz CT molecular complexity index is 1580. The van der Waals surface area contributed by atoms with Crippen LogP contribution in [-0.2, 0) is 32.1 Å². The largest absolute Gasteiger partial charge is 0.416 e. The van der Waals surface area contributed by atoms with Gasteiger partial charge in [-0.1, -0.05) is 29.0 Å². The van der Waals surface area contributed by atoms with Crippen LogP contribution >= 0.6 is 0 Å². The molecule has 2 aliphatic rings. The number of carbonyl (C=O) groups is 1. The third-order valence-corrected chi connectivity index (χ3v) is 7.44. The van der Waals surface area contributed by atoms with Crippen LogP contribution in [0.3, 0.4) is 0 Å². The molecule has 210 valence electrons. The number of alkyl halides is 3. The van der Waals surface area contributed by atoms with Gasteiger partial charge in [0.05, 0.1) is 35.4 Å². The van der Waals surface area contributed by atoms with E-state index in [0.29, 0.717) is 31.8 Å². The van der Waals surface area contributed by atoms with Gasteiger partial charge in [-0.2, -0.15) is 23.4 Å². The maximum Gasteiger partial charge on any atom is 0.416 e. The van der Waals surface area contributed by atoms with Gasteiger partial charge in [0.1, 0.15) is 0 Å². The molecular formula is C30H28F3N7O. The normalized spacial score (nSPS) is 14.8. The number of nitrogens with zero attached hydrogens (tertiary/aromatic N) is 6. The lowest BCUT2D eigenvalue weighted by molar-refractivity contribution is -0.137. The first kappa shape index (κ1) is 26.8. The third-order valence-electron chi connectivity index (χ3n) is 7.44. The summed E-state index contributed by atoms with van der Waals surface area (Å²) in [6.07, 6.45) is 4.16. The summed E-state index contributed by atoms with van der Waals surface area (Å²) >= 11 is 0. The van der Waals surface area contributed by atoms with E-state index < -0.39 is 11.7 Å². The fourth-order valence-electron chi connectivity index (χ4n) is 5.17.